The molecule has 0 bridgehead atoms. The largest absolute Gasteiger partial charge is 0.493 e. The number of ether oxygens (including phenoxy) is 2. The summed E-state index contributed by atoms with van der Waals surface area (Å²) >= 11 is 3.49. The third kappa shape index (κ3) is 6.50. The van der Waals surface area contributed by atoms with Crippen LogP contribution in [-0.4, -0.2) is 18.0 Å². The lowest BCUT2D eigenvalue weighted by atomic mass is 10.1. The van der Waals surface area contributed by atoms with E-state index in [9.17, 15) is 0 Å². The standard InChI is InChI=1S/C23H33BrO2/c1-4-5-6-7-8-16-25-22-13-14-23(26-19(3)10-9-15-24)21-17-18(2)11-12-20(21)22/h11-14,17,19H,4-10,15-16H2,1-3H3. The first-order chi connectivity index (χ1) is 12.7. The van der Waals surface area contributed by atoms with E-state index in [4.69, 9.17) is 9.47 Å². The molecule has 0 fully saturated rings. The van der Waals surface area contributed by atoms with Crippen LogP contribution in [0.15, 0.2) is 30.3 Å². The molecule has 0 aromatic heterocycles. The number of fused-ring (bicyclic) bond motifs is 1. The molecular weight excluding hydrogens is 388 g/mol. The Morgan fingerprint density at radius 3 is 2.46 bits per heavy atom. The van der Waals surface area contributed by atoms with E-state index in [1.807, 2.05) is 0 Å². The fraction of sp³-hybridized carbons (Fsp3) is 0.565. The van der Waals surface area contributed by atoms with Crippen molar-refractivity contribution in [3.05, 3.63) is 35.9 Å². The normalized spacial score (nSPS) is 12.3. The zero-order valence-corrected chi connectivity index (χ0v) is 18.1. The lowest BCUT2D eigenvalue weighted by Gasteiger charge is -2.18. The number of halogens is 1. The van der Waals surface area contributed by atoms with Crippen LogP contribution in [0.2, 0.25) is 0 Å². The molecule has 26 heavy (non-hydrogen) atoms. The van der Waals surface area contributed by atoms with E-state index in [0.29, 0.717) is 0 Å². The summed E-state index contributed by atoms with van der Waals surface area (Å²) in [6, 6.07) is 10.6. The van der Waals surface area contributed by atoms with Gasteiger partial charge in [-0.05, 0) is 51.3 Å². The zero-order chi connectivity index (χ0) is 18.8. The Morgan fingerprint density at radius 1 is 0.923 bits per heavy atom. The van der Waals surface area contributed by atoms with Crippen LogP contribution in [0.1, 0.15) is 64.4 Å². The van der Waals surface area contributed by atoms with Crippen LogP contribution < -0.4 is 9.47 Å². The van der Waals surface area contributed by atoms with Gasteiger partial charge >= 0.3 is 0 Å². The number of unbranched alkanes of at least 4 members (excludes halogenated alkanes) is 4. The summed E-state index contributed by atoms with van der Waals surface area (Å²) in [4.78, 5) is 0. The SMILES string of the molecule is CCCCCCCOc1ccc(OC(C)CCCBr)c2cc(C)ccc12. The molecule has 3 heteroatoms. The van der Waals surface area contributed by atoms with Crippen molar-refractivity contribution in [3.8, 4) is 11.5 Å². The van der Waals surface area contributed by atoms with Crippen molar-refractivity contribution < 1.29 is 9.47 Å². The summed E-state index contributed by atoms with van der Waals surface area (Å²) in [6.07, 6.45) is 8.65. The predicted molar refractivity (Wildman–Crippen MR) is 116 cm³/mol. The Labute approximate surface area is 167 Å². The van der Waals surface area contributed by atoms with Gasteiger partial charge in [-0.15, -0.1) is 0 Å². The molecule has 2 aromatic carbocycles. The minimum absolute atomic E-state index is 0.210. The number of hydrogen-bond donors (Lipinski definition) is 0. The number of aryl methyl sites for hydroxylation is 1. The fourth-order valence-electron chi connectivity index (χ4n) is 3.16. The molecule has 1 atom stereocenters. The van der Waals surface area contributed by atoms with E-state index in [1.165, 1.54) is 31.2 Å². The highest BCUT2D eigenvalue weighted by Gasteiger charge is 2.11. The Kier molecular flexibility index (Phi) is 9.31. The van der Waals surface area contributed by atoms with Gasteiger partial charge in [-0.2, -0.15) is 0 Å². The summed E-state index contributed by atoms with van der Waals surface area (Å²) in [5, 5.41) is 3.32. The molecule has 0 N–H and O–H groups in total. The number of benzene rings is 2. The Hall–Kier alpha value is -1.22. The van der Waals surface area contributed by atoms with Gasteiger partial charge in [0.25, 0.3) is 0 Å². The number of hydrogen-bond acceptors (Lipinski definition) is 2. The molecule has 0 radical (unpaired) electrons. The molecule has 2 rings (SSSR count). The van der Waals surface area contributed by atoms with Crippen molar-refractivity contribution in [1.82, 2.24) is 0 Å². The lowest BCUT2D eigenvalue weighted by Crippen LogP contribution is -2.12. The molecule has 0 saturated carbocycles. The van der Waals surface area contributed by atoms with Gasteiger partial charge in [0, 0.05) is 16.1 Å². The van der Waals surface area contributed by atoms with Gasteiger partial charge in [-0.3, -0.25) is 0 Å². The average molecular weight is 421 g/mol. The lowest BCUT2D eigenvalue weighted by molar-refractivity contribution is 0.213. The monoisotopic (exact) mass is 420 g/mol. The molecule has 0 spiro atoms. The smallest absolute Gasteiger partial charge is 0.127 e. The van der Waals surface area contributed by atoms with Crippen LogP contribution in [0, 0.1) is 6.92 Å². The number of rotatable bonds is 12. The highest BCUT2D eigenvalue weighted by Crippen LogP contribution is 2.35. The summed E-state index contributed by atoms with van der Waals surface area (Å²) < 4.78 is 12.3. The predicted octanol–water partition coefficient (Wildman–Crippen LogP) is 7.44. The van der Waals surface area contributed by atoms with Crippen molar-refractivity contribution in [3.63, 3.8) is 0 Å². The van der Waals surface area contributed by atoms with E-state index in [-0.39, 0.29) is 6.10 Å². The molecule has 0 heterocycles. The molecule has 2 aromatic rings. The Balaban J connectivity index is 2.09. The topological polar surface area (TPSA) is 18.5 Å². The van der Waals surface area contributed by atoms with Crippen LogP contribution in [0.25, 0.3) is 10.8 Å². The number of alkyl halides is 1. The molecule has 144 valence electrons. The molecular formula is C23H33BrO2. The summed E-state index contributed by atoms with van der Waals surface area (Å²) in [5.41, 5.74) is 1.24. The Bertz CT molecular complexity index is 669. The summed E-state index contributed by atoms with van der Waals surface area (Å²) in [7, 11) is 0. The van der Waals surface area contributed by atoms with E-state index in [0.717, 1.165) is 53.5 Å². The first-order valence-corrected chi connectivity index (χ1v) is 11.2. The van der Waals surface area contributed by atoms with Gasteiger partial charge < -0.3 is 9.47 Å². The second-order valence-electron chi connectivity index (χ2n) is 7.13. The average Bonchev–Trinajstić information content (AvgIpc) is 2.64. The van der Waals surface area contributed by atoms with Gasteiger partial charge in [0.2, 0.25) is 0 Å². The van der Waals surface area contributed by atoms with Crippen LogP contribution in [0.5, 0.6) is 11.5 Å². The molecule has 0 aliphatic carbocycles. The highest BCUT2D eigenvalue weighted by atomic mass is 79.9. The van der Waals surface area contributed by atoms with Gasteiger partial charge in [0.05, 0.1) is 12.7 Å². The van der Waals surface area contributed by atoms with Crippen molar-refractivity contribution in [2.24, 2.45) is 0 Å². The minimum atomic E-state index is 0.210. The highest BCUT2D eigenvalue weighted by molar-refractivity contribution is 9.09. The van der Waals surface area contributed by atoms with Crippen molar-refractivity contribution >= 4 is 26.7 Å². The molecule has 0 aliphatic rings. The van der Waals surface area contributed by atoms with Gasteiger partial charge in [0.1, 0.15) is 11.5 Å². The second-order valence-corrected chi connectivity index (χ2v) is 7.93. The first-order valence-electron chi connectivity index (χ1n) is 10.0. The molecule has 0 aliphatic heterocycles. The van der Waals surface area contributed by atoms with Crippen LogP contribution >= 0.6 is 15.9 Å². The molecule has 0 saturated heterocycles. The molecule has 1 unspecified atom stereocenters. The zero-order valence-electron chi connectivity index (χ0n) is 16.5. The maximum absolute atomic E-state index is 6.23. The summed E-state index contributed by atoms with van der Waals surface area (Å²) in [6.45, 7) is 7.30. The first kappa shape index (κ1) is 21.1. The van der Waals surface area contributed by atoms with Crippen molar-refractivity contribution in [1.29, 1.82) is 0 Å². The van der Waals surface area contributed by atoms with Crippen LogP contribution in [0.4, 0.5) is 0 Å². The Morgan fingerprint density at radius 2 is 1.69 bits per heavy atom. The van der Waals surface area contributed by atoms with Gasteiger partial charge in [-0.1, -0.05) is 66.2 Å². The second kappa shape index (κ2) is 11.5. The van der Waals surface area contributed by atoms with E-state index in [2.05, 4.69) is 67.0 Å². The van der Waals surface area contributed by atoms with Crippen LogP contribution in [0.3, 0.4) is 0 Å². The van der Waals surface area contributed by atoms with E-state index >= 15 is 0 Å². The summed E-state index contributed by atoms with van der Waals surface area (Å²) in [5.74, 6) is 1.93. The van der Waals surface area contributed by atoms with E-state index in [1.54, 1.807) is 0 Å². The quantitative estimate of drug-likeness (QED) is 0.262. The third-order valence-electron chi connectivity index (χ3n) is 4.67. The van der Waals surface area contributed by atoms with Gasteiger partial charge in [-0.25, -0.2) is 0 Å². The van der Waals surface area contributed by atoms with Crippen molar-refractivity contribution in [2.75, 3.05) is 11.9 Å². The van der Waals surface area contributed by atoms with Gasteiger partial charge in [0.15, 0.2) is 0 Å². The van der Waals surface area contributed by atoms with E-state index < -0.39 is 0 Å². The third-order valence-corrected chi connectivity index (χ3v) is 5.23. The van der Waals surface area contributed by atoms with Crippen LogP contribution in [-0.2, 0) is 0 Å². The molecule has 2 nitrogen and oxygen atoms in total. The maximum Gasteiger partial charge on any atom is 0.127 e. The fourth-order valence-corrected chi connectivity index (χ4v) is 3.49. The minimum Gasteiger partial charge on any atom is -0.493 e. The maximum atomic E-state index is 6.23. The molecule has 0 amide bonds. The van der Waals surface area contributed by atoms with Crippen molar-refractivity contribution in [2.45, 2.75) is 71.8 Å².